The molecule has 0 bridgehead atoms. The quantitative estimate of drug-likeness (QED) is 0.209. The van der Waals surface area contributed by atoms with Gasteiger partial charge >= 0.3 is 5.97 Å². The number of ether oxygens (including phenoxy) is 1. The summed E-state index contributed by atoms with van der Waals surface area (Å²) in [5, 5.41) is 4.78. The molecule has 9 heteroatoms. The minimum Gasteiger partial charge on any atom is -0.458 e. The maximum absolute atomic E-state index is 14.8. The Morgan fingerprint density at radius 1 is 0.891 bits per heavy atom. The Morgan fingerprint density at radius 3 is 2.11 bits per heavy atom. The third-order valence-electron chi connectivity index (χ3n) is 8.10. The summed E-state index contributed by atoms with van der Waals surface area (Å²) >= 11 is 0. The average Bonchev–Trinajstić information content (AvgIpc) is 3.00. The molecule has 0 aliphatic carbocycles. The fourth-order valence-corrected chi connectivity index (χ4v) is 5.32. The van der Waals surface area contributed by atoms with E-state index in [4.69, 9.17) is 10.5 Å². The second-order valence-electron chi connectivity index (χ2n) is 13.3. The van der Waals surface area contributed by atoms with Crippen molar-refractivity contribution in [2.75, 3.05) is 20.6 Å². The van der Waals surface area contributed by atoms with Gasteiger partial charge in [0.05, 0.1) is 6.54 Å². The average molecular weight is 629 g/mol. The molecule has 0 aliphatic heterocycles. The molecule has 3 rings (SSSR count). The van der Waals surface area contributed by atoms with Crippen LogP contribution in [-0.4, -0.2) is 71.3 Å². The lowest BCUT2D eigenvalue weighted by Gasteiger charge is -2.42. The molecule has 246 valence electrons. The molecular weight excluding hydrogens is 580 g/mol. The van der Waals surface area contributed by atoms with Gasteiger partial charge in [0, 0.05) is 33.0 Å². The van der Waals surface area contributed by atoms with Crippen molar-refractivity contribution >= 4 is 34.5 Å². The number of esters is 1. The van der Waals surface area contributed by atoms with E-state index in [1.54, 1.807) is 40.9 Å². The molecule has 0 saturated carbocycles. The Labute approximate surface area is 272 Å². The number of rotatable bonds is 13. The zero-order valence-corrected chi connectivity index (χ0v) is 28.3. The zero-order valence-electron chi connectivity index (χ0n) is 28.3. The van der Waals surface area contributed by atoms with E-state index in [9.17, 15) is 19.2 Å². The summed E-state index contributed by atoms with van der Waals surface area (Å²) in [7, 11) is 3.17. The highest BCUT2D eigenvalue weighted by atomic mass is 16.6. The van der Waals surface area contributed by atoms with Gasteiger partial charge in [-0.05, 0) is 75.1 Å². The van der Waals surface area contributed by atoms with Crippen molar-refractivity contribution in [3.05, 3.63) is 96.1 Å². The van der Waals surface area contributed by atoms with Crippen LogP contribution in [0.4, 0.5) is 0 Å². The molecule has 0 heterocycles. The molecule has 0 spiro atoms. The van der Waals surface area contributed by atoms with Gasteiger partial charge in [-0.1, -0.05) is 72.8 Å². The first kappa shape index (κ1) is 36.0. The van der Waals surface area contributed by atoms with Crippen LogP contribution >= 0.6 is 0 Å². The van der Waals surface area contributed by atoms with Crippen molar-refractivity contribution < 1.29 is 23.9 Å². The third-order valence-corrected chi connectivity index (χ3v) is 8.10. The first-order valence-corrected chi connectivity index (χ1v) is 15.5. The SMILES string of the molecule is CC(=O)OC(C)(C)CNC(=O)C(Cc1ccccc1)N(C)C(=O)[C@@](C)(c1ccc2ccccc2c1)N(C)C(=O)/C=C/CC(C)(C)N. The summed E-state index contributed by atoms with van der Waals surface area (Å²) in [5.41, 5.74) is 4.61. The van der Waals surface area contributed by atoms with Gasteiger partial charge in [-0.25, -0.2) is 0 Å². The normalized spacial score (nSPS) is 13.9. The predicted octanol–water partition coefficient (Wildman–Crippen LogP) is 4.72. The van der Waals surface area contributed by atoms with Crippen molar-refractivity contribution in [2.45, 2.75) is 77.1 Å². The predicted molar refractivity (Wildman–Crippen MR) is 182 cm³/mol. The van der Waals surface area contributed by atoms with Crippen molar-refractivity contribution in [1.82, 2.24) is 15.1 Å². The van der Waals surface area contributed by atoms with Crippen LogP contribution in [0.1, 0.15) is 59.1 Å². The molecule has 46 heavy (non-hydrogen) atoms. The number of nitrogens with one attached hydrogen (secondary N) is 1. The molecule has 0 fully saturated rings. The molecular formula is C37H48N4O5. The Hall–Kier alpha value is -4.50. The van der Waals surface area contributed by atoms with E-state index >= 15 is 0 Å². The Balaban J connectivity index is 2.07. The van der Waals surface area contributed by atoms with E-state index < -0.39 is 40.5 Å². The van der Waals surface area contributed by atoms with E-state index in [2.05, 4.69) is 5.32 Å². The summed E-state index contributed by atoms with van der Waals surface area (Å²) < 4.78 is 5.36. The van der Waals surface area contributed by atoms with E-state index in [1.165, 1.54) is 22.8 Å². The summed E-state index contributed by atoms with van der Waals surface area (Å²) in [6.45, 7) is 10.2. The van der Waals surface area contributed by atoms with Crippen molar-refractivity contribution in [3.8, 4) is 0 Å². The van der Waals surface area contributed by atoms with Crippen LogP contribution in [0.15, 0.2) is 84.9 Å². The smallest absolute Gasteiger partial charge is 0.303 e. The number of likely N-dealkylation sites (N-methyl/N-ethyl adjacent to an activating group) is 2. The number of hydrogen-bond acceptors (Lipinski definition) is 6. The molecule has 3 amide bonds. The lowest BCUT2D eigenvalue weighted by atomic mass is 9.86. The molecule has 2 atom stereocenters. The molecule has 0 saturated heterocycles. The first-order valence-electron chi connectivity index (χ1n) is 15.5. The standard InChI is InChI=1S/C37H48N4O5/c1-26(42)46-36(4,5)25-39-33(44)31(23-27-15-10-9-11-16-27)40(7)34(45)37(6,41(8)32(43)19-14-22-35(2,3)38)30-21-20-28-17-12-13-18-29(28)24-30/h9-21,24,31H,22-23,25,38H2,1-8H3,(H,39,44)/b19-14+/t31?,37-/m1/s1. The summed E-state index contributed by atoms with van der Waals surface area (Å²) in [6, 6.07) is 21.9. The molecule has 3 aromatic carbocycles. The maximum Gasteiger partial charge on any atom is 0.303 e. The highest BCUT2D eigenvalue weighted by molar-refractivity contribution is 5.98. The lowest BCUT2D eigenvalue weighted by Crippen LogP contribution is -2.60. The van der Waals surface area contributed by atoms with Gasteiger partial charge in [-0.15, -0.1) is 0 Å². The highest BCUT2D eigenvalue weighted by Crippen LogP contribution is 2.33. The monoisotopic (exact) mass is 628 g/mol. The number of fused-ring (bicyclic) bond motifs is 1. The highest BCUT2D eigenvalue weighted by Gasteiger charge is 2.45. The van der Waals surface area contributed by atoms with Crippen molar-refractivity contribution in [2.24, 2.45) is 5.73 Å². The molecule has 0 aliphatic rings. The molecule has 1 unspecified atom stereocenters. The van der Waals surface area contributed by atoms with Crippen LogP contribution < -0.4 is 11.1 Å². The lowest BCUT2D eigenvalue weighted by molar-refractivity contribution is -0.155. The number of carbonyl (C=O) groups is 4. The first-order chi connectivity index (χ1) is 21.4. The van der Waals surface area contributed by atoms with E-state index in [-0.39, 0.29) is 18.9 Å². The van der Waals surface area contributed by atoms with E-state index in [0.29, 0.717) is 12.0 Å². The van der Waals surface area contributed by atoms with Crippen LogP contribution in [-0.2, 0) is 35.9 Å². The van der Waals surface area contributed by atoms with Crippen LogP contribution in [0.3, 0.4) is 0 Å². The van der Waals surface area contributed by atoms with Gasteiger partial charge in [-0.2, -0.15) is 0 Å². The second kappa shape index (κ2) is 14.7. The minimum atomic E-state index is -1.50. The van der Waals surface area contributed by atoms with Crippen LogP contribution in [0, 0.1) is 0 Å². The Kier molecular flexibility index (Phi) is 11.5. The van der Waals surface area contributed by atoms with Gasteiger partial charge in [0.2, 0.25) is 11.8 Å². The van der Waals surface area contributed by atoms with E-state index in [0.717, 1.165) is 16.3 Å². The number of amides is 3. The van der Waals surface area contributed by atoms with Crippen LogP contribution in [0.2, 0.25) is 0 Å². The summed E-state index contributed by atoms with van der Waals surface area (Å²) in [5.74, 6) is -1.70. The fourth-order valence-electron chi connectivity index (χ4n) is 5.32. The number of benzene rings is 3. The summed E-state index contributed by atoms with van der Waals surface area (Å²) in [6.07, 6.45) is 3.84. The van der Waals surface area contributed by atoms with Gasteiger partial charge < -0.3 is 25.6 Å². The van der Waals surface area contributed by atoms with Crippen molar-refractivity contribution in [3.63, 3.8) is 0 Å². The zero-order chi connectivity index (χ0) is 34.3. The topological polar surface area (TPSA) is 122 Å². The third kappa shape index (κ3) is 9.26. The Morgan fingerprint density at radius 2 is 1.50 bits per heavy atom. The molecule has 9 nitrogen and oxygen atoms in total. The minimum absolute atomic E-state index is 0.0430. The van der Waals surface area contributed by atoms with Gasteiger partial charge in [-0.3, -0.25) is 19.2 Å². The van der Waals surface area contributed by atoms with Crippen molar-refractivity contribution in [1.29, 1.82) is 0 Å². The number of nitrogens with two attached hydrogens (primary N) is 1. The molecule has 3 aromatic rings. The molecule has 0 radical (unpaired) electrons. The largest absolute Gasteiger partial charge is 0.458 e. The van der Waals surface area contributed by atoms with Crippen LogP contribution in [0.5, 0.6) is 0 Å². The van der Waals surface area contributed by atoms with E-state index in [1.807, 2.05) is 86.6 Å². The van der Waals surface area contributed by atoms with Gasteiger partial charge in [0.25, 0.3) is 5.91 Å². The fraction of sp³-hybridized carbons (Fsp3) is 0.405. The Bertz CT molecular complexity index is 1580. The second-order valence-corrected chi connectivity index (χ2v) is 13.3. The van der Waals surface area contributed by atoms with Crippen LogP contribution in [0.25, 0.3) is 10.8 Å². The number of carbonyl (C=O) groups excluding carboxylic acids is 4. The molecule has 0 aromatic heterocycles. The van der Waals surface area contributed by atoms with Gasteiger partial charge in [0.1, 0.15) is 17.2 Å². The molecule has 3 N–H and O–H groups in total. The maximum atomic E-state index is 14.8. The number of hydrogen-bond donors (Lipinski definition) is 2. The summed E-state index contributed by atoms with van der Waals surface area (Å²) in [4.78, 5) is 56.7. The number of nitrogens with zero attached hydrogens (tertiary/aromatic N) is 2. The van der Waals surface area contributed by atoms with Gasteiger partial charge in [0.15, 0.2) is 0 Å².